The van der Waals surface area contributed by atoms with E-state index in [-0.39, 0.29) is 12.5 Å². The van der Waals surface area contributed by atoms with Crippen molar-refractivity contribution in [3.63, 3.8) is 0 Å². The van der Waals surface area contributed by atoms with Crippen LogP contribution in [-0.4, -0.2) is 51.3 Å². The van der Waals surface area contributed by atoms with Gasteiger partial charge in [0.1, 0.15) is 5.75 Å². The van der Waals surface area contributed by atoms with Crippen molar-refractivity contribution in [2.24, 2.45) is 4.99 Å². The van der Waals surface area contributed by atoms with Crippen LogP contribution in [0.2, 0.25) is 0 Å². The molecule has 2 aromatic rings. The van der Waals surface area contributed by atoms with Gasteiger partial charge in [0.15, 0.2) is 24.1 Å². The molecule has 0 atom stereocenters. The van der Waals surface area contributed by atoms with Crippen LogP contribution in [0.1, 0.15) is 24.8 Å². The third-order valence-electron chi connectivity index (χ3n) is 5.18. The zero-order chi connectivity index (χ0) is 22.2. The van der Waals surface area contributed by atoms with Crippen LogP contribution in [0, 0.1) is 0 Å². The predicted molar refractivity (Wildman–Crippen MR) is 124 cm³/mol. The molecule has 0 radical (unpaired) electrons. The molecule has 1 fully saturated rings. The molecule has 8 nitrogen and oxygen atoms in total. The van der Waals surface area contributed by atoms with Gasteiger partial charge < -0.3 is 30.2 Å². The molecule has 1 amide bonds. The second-order valence-corrected chi connectivity index (χ2v) is 7.86. The van der Waals surface area contributed by atoms with Crippen LogP contribution in [0.4, 0.5) is 5.69 Å². The van der Waals surface area contributed by atoms with Crippen molar-refractivity contribution in [2.45, 2.75) is 31.7 Å². The van der Waals surface area contributed by atoms with Crippen LogP contribution < -0.4 is 30.2 Å². The fourth-order valence-corrected chi connectivity index (χ4v) is 3.28. The van der Waals surface area contributed by atoms with Crippen LogP contribution in [-0.2, 0) is 11.2 Å². The average molecular weight is 439 g/mol. The number of nitrogens with one attached hydrogen (secondary N) is 3. The molecular formula is C24H30N4O4. The number of anilines is 1. The van der Waals surface area contributed by atoms with Gasteiger partial charge in [-0.15, -0.1) is 0 Å². The minimum atomic E-state index is -0.0618. The monoisotopic (exact) mass is 438 g/mol. The highest BCUT2D eigenvalue weighted by Crippen LogP contribution is 2.32. The molecule has 1 aliphatic carbocycles. The molecule has 2 aliphatic rings. The number of carbonyl (C=O) groups excluding carboxylic acids is 1. The number of carbonyl (C=O) groups is 1. The Morgan fingerprint density at radius 2 is 1.88 bits per heavy atom. The molecule has 8 heteroatoms. The van der Waals surface area contributed by atoms with E-state index in [2.05, 4.69) is 20.9 Å². The normalized spacial score (nSPS) is 15.5. The zero-order valence-corrected chi connectivity index (χ0v) is 18.4. The Bertz CT molecular complexity index is 942. The molecule has 0 bridgehead atoms. The van der Waals surface area contributed by atoms with Crippen molar-refractivity contribution < 1.29 is 19.0 Å². The summed E-state index contributed by atoms with van der Waals surface area (Å²) in [6.45, 7) is 2.10. The van der Waals surface area contributed by atoms with Gasteiger partial charge in [0, 0.05) is 37.8 Å². The standard InChI is InChI=1S/C24H30N4O4/c1-25-24(28-19-7-10-21-22(15-19)31-14-2-13-30-21)26-12-11-17-3-8-20(9-4-17)32-16-23(29)27-18-5-6-18/h3-4,7-10,15,18H,2,5-6,11-14,16H2,1H3,(H,27,29)(H2,25,26,28). The maximum Gasteiger partial charge on any atom is 0.258 e. The van der Waals surface area contributed by atoms with Gasteiger partial charge >= 0.3 is 0 Å². The molecular weight excluding hydrogens is 408 g/mol. The SMILES string of the molecule is CN=C(NCCc1ccc(OCC(=O)NC2CC2)cc1)Nc1ccc2c(c1)OCCCO2. The van der Waals surface area contributed by atoms with Crippen molar-refractivity contribution in [1.82, 2.24) is 10.6 Å². The van der Waals surface area contributed by atoms with E-state index in [0.29, 0.717) is 37.5 Å². The maximum absolute atomic E-state index is 11.7. The van der Waals surface area contributed by atoms with E-state index in [1.54, 1.807) is 7.05 Å². The molecule has 32 heavy (non-hydrogen) atoms. The van der Waals surface area contributed by atoms with Crippen LogP contribution >= 0.6 is 0 Å². The van der Waals surface area contributed by atoms with E-state index in [0.717, 1.165) is 42.9 Å². The lowest BCUT2D eigenvalue weighted by Gasteiger charge is -2.14. The average Bonchev–Trinajstić information content (AvgIpc) is 3.64. The van der Waals surface area contributed by atoms with Crippen molar-refractivity contribution in [2.75, 3.05) is 38.7 Å². The van der Waals surface area contributed by atoms with Gasteiger partial charge in [0.2, 0.25) is 0 Å². The summed E-state index contributed by atoms with van der Waals surface area (Å²) < 4.78 is 17.0. The molecule has 0 spiro atoms. The highest BCUT2D eigenvalue weighted by Gasteiger charge is 2.23. The van der Waals surface area contributed by atoms with Gasteiger partial charge in [-0.3, -0.25) is 9.79 Å². The number of aliphatic imine (C=N–C) groups is 1. The van der Waals surface area contributed by atoms with Gasteiger partial charge in [0.05, 0.1) is 13.2 Å². The van der Waals surface area contributed by atoms with Gasteiger partial charge in [-0.1, -0.05) is 12.1 Å². The van der Waals surface area contributed by atoms with E-state index in [9.17, 15) is 4.79 Å². The molecule has 2 aromatic carbocycles. The summed E-state index contributed by atoms with van der Waals surface area (Å²) in [5.74, 6) is 2.83. The molecule has 3 N–H and O–H groups in total. The number of nitrogens with zero attached hydrogens (tertiary/aromatic N) is 1. The second-order valence-electron chi connectivity index (χ2n) is 7.86. The Balaban J connectivity index is 1.20. The third-order valence-corrected chi connectivity index (χ3v) is 5.18. The van der Waals surface area contributed by atoms with E-state index in [4.69, 9.17) is 14.2 Å². The first-order valence-electron chi connectivity index (χ1n) is 11.1. The number of guanidine groups is 1. The Kier molecular flexibility index (Phi) is 7.32. The highest BCUT2D eigenvalue weighted by molar-refractivity contribution is 5.93. The third kappa shape index (κ3) is 6.54. The van der Waals surface area contributed by atoms with Crippen LogP contribution in [0.15, 0.2) is 47.5 Å². The Hall–Kier alpha value is -3.42. The second kappa shape index (κ2) is 10.7. The van der Waals surface area contributed by atoms with Gasteiger partial charge in [-0.25, -0.2) is 0 Å². The van der Waals surface area contributed by atoms with Gasteiger partial charge in [-0.2, -0.15) is 0 Å². The number of amides is 1. The van der Waals surface area contributed by atoms with Crippen molar-refractivity contribution >= 4 is 17.6 Å². The fraction of sp³-hybridized carbons (Fsp3) is 0.417. The van der Waals surface area contributed by atoms with Crippen LogP contribution in [0.3, 0.4) is 0 Å². The lowest BCUT2D eigenvalue weighted by molar-refractivity contribution is -0.123. The van der Waals surface area contributed by atoms with Crippen molar-refractivity contribution in [3.05, 3.63) is 48.0 Å². The van der Waals surface area contributed by atoms with Gasteiger partial charge in [0.25, 0.3) is 5.91 Å². The first kappa shape index (κ1) is 21.8. The number of hydrogen-bond donors (Lipinski definition) is 3. The minimum absolute atomic E-state index is 0.0548. The number of fused-ring (bicyclic) bond motifs is 1. The predicted octanol–water partition coefficient (Wildman–Crippen LogP) is 2.74. The number of hydrogen-bond acceptors (Lipinski definition) is 5. The molecule has 1 heterocycles. The van der Waals surface area contributed by atoms with E-state index >= 15 is 0 Å². The lowest BCUT2D eigenvalue weighted by atomic mass is 10.1. The number of benzene rings is 2. The Labute approximate surface area is 188 Å². The molecule has 170 valence electrons. The van der Waals surface area contributed by atoms with Crippen LogP contribution in [0.5, 0.6) is 17.2 Å². The summed E-state index contributed by atoms with van der Waals surface area (Å²) >= 11 is 0. The van der Waals surface area contributed by atoms with Crippen LogP contribution in [0.25, 0.3) is 0 Å². The van der Waals surface area contributed by atoms with E-state index in [1.165, 1.54) is 5.56 Å². The summed E-state index contributed by atoms with van der Waals surface area (Å²) in [6.07, 6.45) is 3.85. The quantitative estimate of drug-likeness (QED) is 0.434. The summed E-state index contributed by atoms with van der Waals surface area (Å²) in [5, 5.41) is 9.52. The topological polar surface area (TPSA) is 93.2 Å². The molecule has 1 aliphatic heterocycles. The number of rotatable bonds is 8. The summed E-state index contributed by atoms with van der Waals surface area (Å²) in [4.78, 5) is 16.0. The molecule has 0 unspecified atom stereocenters. The van der Waals surface area contributed by atoms with E-state index in [1.807, 2.05) is 42.5 Å². The Morgan fingerprint density at radius 1 is 1.09 bits per heavy atom. The summed E-state index contributed by atoms with van der Waals surface area (Å²) in [5.41, 5.74) is 2.05. The number of ether oxygens (including phenoxy) is 3. The molecule has 0 saturated heterocycles. The van der Waals surface area contributed by atoms with Gasteiger partial charge in [-0.05, 0) is 49.1 Å². The highest BCUT2D eigenvalue weighted by atomic mass is 16.5. The molecule has 1 saturated carbocycles. The largest absolute Gasteiger partial charge is 0.490 e. The summed E-state index contributed by atoms with van der Waals surface area (Å²) in [6, 6.07) is 13.9. The smallest absolute Gasteiger partial charge is 0.258 e. The van der Waals surface area contributed by atoms with Crippen molar-refractivity contribution in [1.29, 1.82) is 0 Å². The van der Waals surface area contributed by atoms with E-state index < -0.39 is 0 Å². The zero-order valence-electron chi connectivity index (χ0n) is 18.4. The lowest BCUT2D eigenvalue weighted by Crippen LogP contribution is -2.32. The molecule has 4 rings (SSSR count). The maximum atomic E-state index is 11.7. The Morgan fingerprint density at radius 3 is 2.62 bits per heavy atom. The summed E-state index contributed by atoms with van der Waals surface area (Å²) in [7, 11) is 1.74. The fourth-order valence-electron chi connectivity index (χ4n) is 3.28. The van der Waals surface area contributed by atoms with Crippen molar-refractivity contribution in [3.8, 4) is 17.2 Å². The molecule has 0 aromatic heterocycles. The first-order chi connectivity index (χ1) is 15.7. The minimum Gasteiger partial charge on any atom is -0.490 e. The first-order valence-corrected chi connectivity index (χ1v) is 11.1.